The zero-order chi connectivity index (χ0) is 23.6. The van der Waals surface area contributed by atoms with Gasteiger partial charge in [0.2, 0.25) is 5.91 Å². The fraction of sp³-hybridized carbons (Fsp3) is 0.292. The minimum Gasteiger partial charge on any atom is -0.385 e. The van der Waals surface area contributed by atoms with Crippen molar-refractivity contribution in [2.45, 2.75) is 24.3 Å². The molecule has 2 aromatic carbocycles. The van der Waals surface area contributed by atoms with Crippen LogP contribution in [0.3, 0.4) is 0 Å². The Bertz CT molecular complexity index is 1160. The van der Waals surface area contributed by atoms with Gasteiger partial charge in [-0.1, -0.05) is 48.5 Å². The Morgan fingerprint density at radius 3 is 2.42 bits per heavy atom. The number of nitrogen functional groups attached to an aromatic ring is 1. The average molecular weight is 469 g/mol. The Hall–Kier alpha value is -3.30. The number of aromatic nitrogens is 2. The second-order valence-corrected chi connectivity index (χ2v) is 8.54. The standard InChI is InChI=1S/C24H28N4O4S/c1-32-15-8-14-27(20(29)13-16-33-19-11-6-3-7-12-19)21-22(25)28(24(31)26-23(21)30)17-18-9-4-2-5-10-18/h2-7,9-12H,8,13-17,25H2,1H3,(H,26,30,31). The lowest BCUT2D eigenvalue weighted by Gasteiger charge is -2.24. The van der Waals surface area contributed by atoms with Crippen LogP contribution in [-0.4, -0.2) is 41.5 Å². The Morgan fingerprint density at radius 2 is 1.76 bits per heavy atom. The van der Waals surface area contributed by atoms with E-state index in [1.54, 1.807) is 18.9 Å². The number of thioether (sulfide) groups is 1. The number of ether oxygens (including phenoxy) is 1. The molecule has 3 N–H and O–H groups in total. The molecule has 0 aliphatic heterocycles. The van der Waals surface area contributed by atoms with Crippen LogP contribution < -0.4 is 21.9 Å². The van der Waals surface area contributed by atoms with Crippen LogP contribution in [0.2, 0.25) is 0 Å². The van der Waals surface area contributed by atoms with Gasteiger partial charge in [0.25, 0.3) is 5.56 Å². The maximum Gasteiger partial charge on any atom is 0.330 e. The molecule has 1 heterocycles. The first-order chi connectivity index (χ1) is 16.0. The first-order valence-corrected chi connectivity index (χ1v) is 11.6. The second kappa shape index (κ2) is 12.1. The summed E-state index contributed by atoms with van der Waals surface area (Å²) in [6.07, 6.45) is 0.730. The minimum absolute atomic E-state index is 0.00338. The van der Waals surface area contributed by atoms with Crippen LogP contribution in [0.5, 0.6) is 0 Å². The maximum atomic E-state index is 13.2. The zero-order valence-corrected chi connectivity index (χ0v) is 19.3. The lowest BCUT2D eigenvalue weighted by atomic mass is 10.2. The van der Waals surface area contributed by atoms with Gasteiger partial charge in [0.05, 0.1) is 6.54 Å². The predicted octanol–water partition coefficient (Wildman–Crippen LogP) is 2.72. The van der Waals surface area contributed by atoms with Gasteiger partial charge in [0.1, 0.15) is 5.82 Å². The molecule has 0 saturated heterocycles. The molecule has 174 valence electrons. The number of hydrogen-bond acceptors (Lipinski definition) is 6. The molecular weight excluding hydrogens is 440 g/mol. The molecule has 8 nitrogen and oxygen atoms in total. The van der Waals surface area contributed by atoms with E-state index in [1.165, 1.54) is 9.47 Å². The van der Waals surface area contributed by atoms with Crippen molar-refractivity contribution in [2.75, 3.05) is 36.6 Å². The van der Waals surface area contributed by atoms with Crippen molar-refractivity contribution in [2.24, 2.45) is 0 Å². The first kappa shape index (κ1) is 24.3. The highest BCUT2D eigenvalue weighted by atomic mass is 32.2. The number of benzene rings is 2. The number of nitrogens with two attached hydrogens (primary N) is 1. The number of carbonyl (C=O) groups excluding carboxylic acids is 1. The van der Waals surface area contributed by atoms with Gasteiger partial charge in [-0.2, -0.15) is 0 Å². The summed E-state index contributed by atoms with van der Waals surface area (Å²) in [5, 5.41) is 0. The van der Waals surface area contributed by atoms with E-state index in [-0.39, 0.29) is 36.9 Å². The summed E-state index contributed by atoms with van der Waals surface area (Å²) < 4.78 is 6.39. The van der Waals surface area contributed by atoms with E-state index in [1.807, 2.05) is 60.7 Å². The third-order valence-corrected chi connectivity index (χ3v) is 6.04. The number of carbonyl (C=O) groups is 1. The van der Waals surface area contributed by atoms with Gasteiger partial charge >= 0.3 is 5.69 Å². The molecule has 3 rings (SSSR count). The highest BCUT2D eigenvalue weighted by Gasteiger charge is 2.24. The molecule has 0 aliphatic rings. The molecule has 0 bridgehead atoms. The molecular formula is C24H28N4O4S. The van der Waals surface area contributed by atoms with Gasteiger partial charge in [-0.25, -0.2) is 4.79 Å². The third-order valence-electron chi connectivity index (χ3n) is 5.03. The predicted molar refractivity (Wildman–Crippen MR) is 132 cm³/mol. The molecule has 0 aliphatic carbocycles. The molecule has 9 heteroatoms. The normalized spacial score (nSPS) is 10.8. The van der Waals surface area contributed by atoms with Crippen LogP contribution in [0, 0.1) is 0 Å². The van der Waals surface area contributed by atoms with E-state index in [4.69, 9.17) is 10.5 Å². The number of amides is 1. The second-order valence-electron chi connectivity index (χ2n) is 7.37. The number of nitrogens with one attached hydrogen (secondary N) is 1. The van der Waals surface area contributed by atoms with Gasteiger partial charge < -0.3 is 15.4 Å². The summed E-state index contributed by atoms with van der Waals surface area (Å²) in [5.74, 6) is 0.274. The lowest BCUT2D eigenvalue weighted by Crippen LogP contribution is -2.42. The number of anilines is 2. The third kappa shape index (κ3) is 6.59. The summed E-state index contributed by atoms with van der Waals surface area (Å²) in [7, 11) is 1.57. The number of H-pyrrole nitrogens is 1. The van der Waals surface area contributed by atoms with Crippen molar-refractivity contribution >= 4 is 29.2 Å². The van der Waals surface area contributed by atoms with Crippen LogP contribution in [0.1, 0.15) is 18.4 Å². The molecule has 1 aromatic heterocycles. The summed E-state index contributed by atoms with van der Waals surface area (Å²) in [4.78, 5) is 43.2. The number of rotatable bonds is 11. The lowest BCUT2D eigenvalue weighted by molar-refractivity contribution is -0.118. The average Bonchev–Trinajstić information content (AvgIpc) is 2.82. The summed E-state index contributed by atoms with van der Waals surface area (Å²) in [6.45, 7) is 0.850. The first-order valence-electron chi connectivity index (χ1n) is 10.6. The van der Waals surface area contributed by atoms with Gasteiger partial charge in [-0.05, 0) is 24.1 Å². The van der Waals surface area contributed by atoms with Crippen LogP contribution in [0.4, 0.5) is 11.5 Å². The smallest absolute Gasteiger partial charge is 0.330 e. The van der Waals surface area contributed by atoms with Crippen molar-refractivity contribution < 1.29 is 9.53 Å². The summed E-state index contributed by atoms with van der Waals surface area (Å²) >= 11 is 1.56. The highest BCUT2D eigenvalue weighted by Crippen LogP contribution is 2.22. The van der Waals surface area contributed by atoms with Crippen LogP contribution >= 0.6 is 11.8 Å². The molecule has 3 aromatic rings. The molecule has 0 atom stereocenters. The fourth-order valence-corrected chi connectivity index (χ4v) is 4.26. The molecule has 0 spiro atoms. The van der Waals surface area contributed by atoms with Gasteiger partial charge in [-0.15, -0.1) is 11.8 Å². The van der Waals surface area contributed by atoms with E-state index in [0.717, 1.165) is 10.5 Å². The van der Waals surface area contributed by atoms with E-state index >= 15 is 0 Å². The van der Waals surface area contributed by atoms with Gasteiger partial charge in [0.15, 0.2) is 5.69 Å². The van der Waals surface area contributed by atoms with Crippen molar-refractivity contribution in [3.8, 4) is 0 Å². The zero-order valence-electron chi connectivity index (χ0n) is 18.5. The highest BCUT2D eigenvalue weighted by molar-refractivity contribution is 7.99. The minimum atomic E-state index is -0.678. The summed E-state index contributed by atoms with van der Waals surface area (Å²) in [6, 6.07) is 19.1. The quantitative estimate of drug-likeness (QED) is 0.331. The largest absolute Gasteiger partial charge is 0.385 e. The maximum absolute atomic E-state index is 13.2. The Kier molecular flexibility index (Phi) is 8.91. The van der Waals surface area contributed by atoms with E-state index in [2.05, 4.69) is 4.98 Å². The van der Waals surface area contributed by atoms with Crippen molar-refractivity contribution in [3.05, 3.63) is 87.1 Å². The molecule has 0 fully saturated rings. The topological polar surface area (TPSA) is 110 Å². The van der Waals surface area contributed by atoms with E-state index in [9.17, 15) is 14.4 Å². The van der Waals surface area contributed by atoms with E-state index < -0.39 is 11.2 Å². The molecule has 1 amide bonds. The molecule has 0 saturated carbocycles. The number of nitrogens with zero attached hydrogens (tertiary/aromatic N) is 2. The van der Waals surface area contributed by atoms with Crippen molar-refractivity contribution in [1.82, 2.24) is 9.55 Å². The number of hydrogen-bond donors (Lipinski definition) is 2. The Morgan fingerprint density at radius 1 is 1.09 bits per heavy atom. The van der Waals surface area contributed by atoms with Crippen molar-refractivity contribution in [1.29, 1.82) is 0 Å². The van der Waals surface area contributed by atoms with Crippen LogP contribution in [-0.2, 0) is 16.1 Å². The monoisotopic (exact) mass is 468 g/mol. The van der Waals surface area contributed by atoms with Crippen LogP contribution in [0.25, 0.3) is 0 Å². The van der Waals surface area contributed by atoms with Gasteiger partial charge in [-0.3, -0.25) is 19.1 Å². The Labute approximate surface area is 196 Å². The summed E-state index contributed by atoms with van der Waals surface area (Å²) in [5.41, 5.74) is 5.86. The van der Waals surface area contributed by atoms with E-state index in [0.29, 0.717) is 18.8 Å². The SMILES string of the molecule is COCCCN(C(=O)CCSc1ccccc1)c1c(N)n(Cc2ccccc2)c(=O)[nH]c1=O. The van der Waals surface area contributed by atoms with Gasteiger partial charge in [0, 0.05) is 37.3 Å². The van der Waals surface area contributed by atoms with Crippen LogP contribution in [0.15, 0.2) is 75.1 Å². The molecule has 0 radical (unpaired) electrons. The molecule has 33 heavy (non-hydrogen) atoms. The Balaban J connectivity index is 1.87. The number of methoxy groups -OCH3 is 1. The molecule has 0 unspecified atom stereocenters. The number of aromatic amines is 1. The fourth-order valence-electron chi connectivity index (χ4n) is 3.40. The van der Waals surface area contributed by atoms with Crippen molar-refractivity contribution in [3.63, 3.8) is 0 Å².